The number of esters is 3. The zero-order valence-electron chi connectivity index (χ0n) is 9.13. The van der Waals surface area contributed by atoms with Crippen LogP contribution in [0.5, 0.6) is 0 Å². The van der Waals surface area contributed by atoms with Crippen molar-refractivity contribution in [2.45, 2.75) is 18.9 Å². The molecule has 1 unspecified atom stereocenters. The van der Waals surface area contributed by atoms with E-state index in [1.54, 1.807) is 0 Å². The van der Waals surface area contributed by atoms with Gasteiger partial charge in [-0.15, -0.1) is 0 Å². The molecule has 17 heavy (non-hydrogen) atoms. The maximum atomic E-state index is 11.0. The third kappa shape index (κ3) is 7.20. The average molecular weight is 246 g/mol. The summed E-state index contributed by atoms with van der Waals surface area (Å²) in [6.45, 7) is 2.92. The van der Waals surface area contributed by atoms with E-state index in [2.05, 4.69) is 16.1 Å². The molecule has 0 aromatic heterocycles. The highest BCUT2D eigenvalue weighted by Crippen LogP contribution is 1.99. The van der Waals surface area contributed by atoms with Crippen LogP contribution in [0.3, 0.4) is 0 Å². The molecule has 0 aliphatic rings. The Morgan fingerprint density at radius 1 is 1.35 bits per heavy atom. The van der Waals surface area contributed by atoms with Crippen molar-refractivity contribution in [1.82, 2.24) is 0 Å². The fraction of sp³-hybridized carbons (Fsp3) is 0.500. The molecule has 0 aromatic carbocycles. The van der Waals surface area contributed by atoms with Crippen molar-refractivity contribution >= 4 is 17.9 Å². The molecule has 0 radical (unpaired) electrons. The predicted octanol–water partition coefficient (Wildman–Crippen LogP) is -1.08. The van der Waals surface area contributed by atoms with Crippen molar-refractivity contribution in [1.29, 1.82) is 0 Å². The van der Waals surface area contributed by atoms with E-state index in [1.807, 2.05) is 0 Å². The van der Waals surface area contributed by atoms with Crippen LogP contribution in [0.25, 0.3) is 0 Å². The summed E-state index contributed by atoms with van der Waals surface area (Å²) in [5.74, 6) is -3.08. The molecule has 1 atom stereocenters. The zero-order valence-corrected chi connectivity index (χ0v) is 9.13. The highest BCUT2D eigenvalue weighted by molar-refractivity contribution is 5.94. The van der Waals surface area contributed by atoms with Crippen molar-refractivity contribution < 1.29 is 34.1 Å². The van der Waals surface area contributed by atoms with Gasteiger partial charge in [-0.1, -0.05) is 6.58 Å². The van der Waals surface area contributed by atoms with Gasteiger partial charge in [-0.25, -0.2) is 9.59 Å². The Balaban J connectivity index is 3.94. The molecule has 2 N–H and O–H groups in total. The molecule has 0 bridgehead atoms. The first-order valence-electron chi connectivity index (χ1n) is 4.84. The van der Waals surface area contributed by atoms with E-state index in [0.717, 1.165) is 6.08 Å². The molecule has 0 fully saturated rings. The average Bonchev–Trinajstić information content (AvgIpc) is 2.28. The lowest BCUT2D eigenvalue weighted by atomic mass is 10.2. The van der Waals surface area contributed by atoms with E-state index in [9.17, 15) is 19.5 Å². The van der Waals surface area contributed by atoms with Gasteiger partial charge in [0.2, 0.25) is 0 Å². The number of aliphatic hydroxyl groups excluding tert-OH is 2. The minimum atomic E-state index is -1.76. The Kier molecular flexibility index (Phi) is 7.57. The van der Waals surface area contributed by atoms with Crippen LogP contribution >= 0.6 is 0 Å². The quantitative estimate of drug-likeness (QED) is 0.254. The summed E-state index contributed by atoms with van der Waals surface area (Å²) < 4.78 is 8.66. The fourth-order valence-electron chi connectivity index (χ4n) is 0.760. The van der Waals surface area contributed by atoms with Crippen LogP contribution in [0, 0.1) is 0 Å². The summed E-state index contributed by atoms with van der Waals surface area (Å²) in [5.41, 5.74) is 0. The van der Waals surface area contributed by atoms with Gasteiger partial charge in [0.05, 0.1) is 13.0 Å². The number of aliphatic hydroxyl groups is 2. The van der Waals surface area contributed by atoms with Crippen molar-refractivity contribution in [3.8, 4) is 0 Å². The topological polar surface area (TPSA) is 110 Å². The van der Waals surface area contributed by atoms with Crippen molar-refractivity contribution in [3.05, 3.63) is 12.7 Å². The second-order valence-electron chi connectivity index (χ2n) is 2.96. The third-order valence-corrected chi connectivity index (χ3v) is 1.57. The van der Waals surface area contributed by atoms with Crippen LogP contribution < -0.4 is 0 Å². The summed E-state index contributed by atoms with van der Waals surface area (Å²) in [6.07, 6.45) is -1.36. The Bertz CT molecular complexity index is 297. The first-order chi connectivity index (χ1) is 8.01. The fourth-order valence-corrected chi connectivity index (χ4v) is 0.760. The largest absolute Gasteiger partial charge is 0.465 e. The van der Waals surface area contributed by atoms with Gasteiger partial charge in [0.15, 0.2) is 6.10 Å². The minimum Gasteiger partial charge on any atom is -0.465 e. The van der Waals surface area contributed by atoms with Crippen molar-refractivity contribution in [2.75, 3.05) is 13.2 Å². The monoisotopic (exact) mass is 246 g/mol. The summed E-state index contributed by atoms with van der Waals surface area (Å²) >= 11 is 0. The Hall–Kier alpha value is -1.73. The van der Waals surface area contributed by atoms with E-state index in [-0.39, 0.29) is 19.6 Å². The van der Waals surface area contributed by atoms with Gasteiger partial charge in [-0.05, 0) is 0 Å². The second-order valence-corrected chi connectivity index (χ2v) is 2.96. The summed E-state index contributed by atoms with van der Waals surface area (Å²) in [5, 5.41) is 17.6. The molecule has 0 rings (SSSR count). The number of carbonyl (C=O) groups is 3. The molecule has 0 aromatic rings. The smallest absolute Gasteiger partial charge is 0.343 e. The molecular formula is C10H14O7. The van der Waals surface area contributed by atoms with Gasteiger partial charge in [-0.2, -0.15) is 0 Å². The molecule has 0 amide bonds. The van der Waals surface area contributed by atoms with Crippen molar-refractivity contribution in [2.24, 2.45) is 0 Å². The van der Waals surface area contributed by atoms with Gasteiger partial charge < -0.3 is 19.7 Å². The normalized spacial score (nSPS) is 11.4. The Morgan fingerprint density at radius 3 is 2.53 bits per heavy atom. The first-order valence-corrected chi connectivity index (χ1v) is 4.84. The lowest BCUT2D eigenvalue weighted by Crippen LogP contribution is -2.28. The maximum Gasteiger partial charge on any atom is 0.343 e. The maximum absolute atomic E-state index is 11.0. The first kappa shape index (κ1) is 15.3. The SMILES string of the molecule is C=CC(=O)OC(=O)C(O)CC(=O)OCCCO. The van der Waals surface area contributed by atoms with E-state index >= 15 is 0 Å². The number of rotatable bonds is 7. The molecule has 0 heterocycles. The molecule has 7 nitrogen and oxygen atoms in total. The van der Waals surface area contributed by atoms with Crippen LogP contribution in [0.1, 0.15) is 12.8 Å². The molecule has 0 aliphatic carbocycles. The number of ether oxygens (including phenoxy) is 2. The molecule has 7 heteroatoms. The van der Waals surface area contributed by atoms with Crippen LogP contribution in [-0.4, -0.2) is 47.4 Å². The van der Waals surface area contributed by atoms with Gasteiger partial charge in [0.1, 0.15) is 0 Å². The molecule has 0 saturated carbocycles. The van der Waals surface area contributed by atoms with Gasteiger partial charge >= 0.3 is 17.9 Å². The van der Waals surface area contributed by atoms with Crippen LogP contribution in [0.2, 0.25) is 0 Å². The molecular weight excluding hydrogens is 232 g/mol. The number of hydrogen-bond donors (Lipinski definition) is 2. The highest BCUT2D eigenvalue weighted by atomic mass is 16.6. The van der Waals surface area contributed by atoms with Gasteiger partial charge in [-0.3, -0.25) is 4.79 Å². The second kappa shape index (κ2) is 8.43. The number of carbonyl (C=O) groups excluding carboxylic acids is 3. The summed E-state index contributed by atoms with van der Waals surface area (Å²) in [7, 11) is 0. The van der Waals surface area contributed by atoms with Gasteiger partial charge in [0, 0.05) is 19.1 Å². The molecule has 96 valence electrons. The van der Waals surface area contributed by atoms with E-state index in [0.29, 0.717) is 0 Å². The van der Waals surface area contributed by atoms with E-state index < -0.39 is 30.4 Å². The highest BCUT2D eigenvalue weighted by Gasteiger charge is 2.22. The third-order valence-electron chi connectivity index (χ3n) is 1.57. The summed E-state index contributed by atoms with van der Waals surface area (Å²) in [4.78, 5) is 32.6. The molecule has 0 saturated heterocycles. The van der Waals surface area contributed by atoms with E-state index in [4.69, 9.17) is 5.11 Å². The van der Waals surface area contributed by atoms with Gasteiger partial charge in [0.25, 0.3) is 0 Å². The lowest BCUT2D eigenvalue weighted by Gasteiger charge is -2.08. The van der Waals surface area contributed by atoms with Crippen LogP contribution in [0.15, 0.2) is 12.7 Å². The standard InChI is InChI=1S/C10H14O7/c1-2-8(13)17-10(15)7(12)6-9(14)16-5-3-4-11/h2,7,11-12H,1,3-6H2. The zero-order chi connectivity index (χ0) is 13.3. The lowest BCUT2D eigenvalue weighted by molar-refractivity contribution is -0.166. The summed E-state index contributed by atoms with van der Waals surface area (Å²) in [6, 6.07) is 0. The van der Waals surface area contributed by atoms with Crippen molar-refractivity contribution in [3.63, 3.8) is 0 Å². The Morgan fingerprint density at radius 2 is 2.00 bits per heavy atom. The molecule has 0 spiro atoms. The van der Waals surface area contributed by atoms with Crippen LogP contribution in [0.4, 0.5) is 0 Å². The predicted molar refractivity (Wildman–Crippen MR) is 54.6 cm³/mol. The van der Waals surface area contributed by atoms with E-state index in [1.165, 1.54) is 0 Å². The molecule has 0 aliphatic heterocycles. The number of hydrogen-bond acceptors (Lipinski definition) is 7. The Labute approximate surface area is 97.6 Å². The van der Waals surface area contributed by atoms with Crippen LogP contribution in [-0.2, 0) is 23.9 Å². The minimum absolute atomic E-state index is 0.0112.